The number of aromatic nitrogens is 2. The average molecular weight is 495 g/mol. The lowest BCUT2D eigenvalue weighted by atomic mass is 10.1. The first-order valence-corrected chi connectivity index (χ1v) is 11.4. The van der Waals surface area contributed by atoms with Gasteiger partial charge in [-0.3, -0.25) is 9.36 Å². The summed E-state index contributed by atoms with van der Waals surface area (Å²) in [7, 11) is 1.50. The molecule has 0 aliphatic rings. The smallest absolute Gasteiger partial charge is 0.318 e. The lowest BCUT2D eigenvalue weighted by Gasteiger charge is -2.27. The van der Waals surface area contributed by atoms with Crippen LogP contribution in [0.25, 0.3) is 16.6 Å². The molecule has 0 aliphatic heterocycles. The molecule has 186 valence electrons. The number of hydrogen-bond donors (Lipinski definition) is 1. The van der Waals surface area contributed by atoms with Crippen LogP contribution in [-0.2, 0) is 12.6 Å². The standard InChI is InChI=1S/C27H25F3N4O2/c1-4-18-12-14-21(15-13-18)34-24(32-23-11-6-5-10-22(23)25(34)35)17(2)33(3)26(36)31-20-9-7-8-19(16-20)27(28,29)30/h5-17H,4H2,1-3H3,(H,31,36). The normalized spacial score (nSPS) is 12.4. The predicted octanol–water partition coefficient (Wildman–Crippen LogP) is 6.19. The van der Waals surface area contributed by atoms with Gasteiger partial charge in [0, 0.05) is 12.7 Å². The van der Waals surface area contributed by atoms with Crippen LogP contribution in [0.5, 0.6) is 0 Å². The Labute approximate surface area is 206 Å². The first kappa shape index (κ1) is 25.0. The number of rotatable bonds is 5. The molecule has 1 heterocycles. The van der Waals surface area contributed by atoms with Gasteiger partial charge in [0.05, 0.1) is 28.2 Å². The number of carbonyl (C=O) groups is 1. The molecular weight excluding hydrogens is 469 g/mol. The van der Waals surface area contributed by atoms with Crippen molar-refractivity contribution in [2.45, 2.75) is 32.5 Å². The molecule has 0 bridgehead atoms. The Kier molecular flexibility index (Phi) is 6.83. The minimum Gasteiger partial charge on any atom is -0.318 e. The maximum absolute atomic E-state index is 13.5. The van der Waals surface area contributed by atoms with Crippen molar-refractivity contribution in [2.24, 2.45) is 0 Å². The van der Waals surface area contributed by atoms with E-state index in [9.17, 15) is 22.8 Å². The number of urea groups is 1. The third-order valence-corrected chi connectivity index (χ3v) is 6.12. The van der Waals surface area contributed by atoms with Crippen LogP contribution in [-0.4, -0.2) is 27.5 Å². The Balaban J connectivity index is 1.73. The zero-order chi connectivity index (χ0) is 26.0. The summed E-state index contributed by atoms with van der Waals surface area (Å²) in [6.07, 6.45) is -3.69. The van der Waals surface area contributed by atoms with Gasteiger partial charge in [-0.15, -0.1) is 0 Å². The topological polar surface area (TPSA) is 67.2 Å². The highest BCUT2D eigenvalue weighted by atomic mass is 19.4. The highest BCUT2D eigenvalue weighted by molar-refractivity contribution is 5.89. The number of alkyl halides is 3. The Morgan fingerprint density at radius 3 is 2.42 bits per heavy atom. The second-order valence-corrected chi connectivity index (χ2v) is 8.44. The molecule has 6 nitrogen and oxygen atoms in total. The number of nitrogens with zero attached hydrogens (tertiary/aromatic N) is 3. The van der Waals surface area contributed by atoms with Crippen molar-refractivity contribution in [3.05, 3.63) is 100 Å². The van der Waals surface area contributed by atoms with Crippen molar-refractivity contribution in [2.75, 3.05) is 12.4 Å². The lowest BCUT2D eigenvalue weighted by Crippen LogP contribution is -2.37. The molecule has 0 fully saturated rings. The maximum atomic E-state index is 13.5. The second kappa shape index (κ2) is 9.85. The number of nitrogens with one attached hydrogen (secondary N) is 1. The average Bonchev–Trinajstić information content (AvgIpc) is 2.87. The van der Waals surface area contributed by atoms with Crippen molar-refractivity contribution in [1.82, 2.24) is 14.5 Å². The zero-order valence-corrected chi connectivity index (χ0v) is 20.0. The van der Waals surface area contributed by atoms with Gasteiger partial charge in [0.1, 0.15) is 5.82 Å². The number of benzene rings is 3. The predicted molar refractivity (Wildman–Crippen MR) is 133 cm³/mol. The molecule has 0 saturated heterocycles. The Bertz CT molecular complexity index is 1460. The van der Waals surface area contributed by atoms with E-state index in [2.05, 4.69) is 5.32 Å². The number of hydrogen-bond acceptors (Lipinski definition) is 3. The fourth-order valence-corrected chi connectivity index (χ4v) is 3.89. The van der Waals surface area contributed by atoms with Crippen LogP contribution in [0.2, 0.25) is 0 Å². The molecule has 0 spiro atoms. The molecule has 0 saturated carbocycles. The molecule has 0 aliphatic carbocycles. The molecule has 1 atom stereocenters. The Morgan fingerprint density at radius 1 is 1.06 bits per heavy atom. The largest absolute Gasteiger partial charge is 0.416 e. The van der Waals surface area contributed by atoms with Gasteiger partial charge >= 0.3 is 12.2 Å². The summed E-state index contributed by atoms with van der Waals surface area (Å²) in [5.41, 5.74) is 1.05. The van der Waals surface area contributed by atoms with E-state index in [0.29, 0.717) is 22.4 Å². The van der Waals surface area contributed by atoms with Crippen LogP contribution in [0.4, 0.5) is 23.7 Å². The van der Waals surface area contributed by atoms with Crippen LogP contribution >= 0.6 is 0 Å². The summed E-state index contributed by atoms with van der Waals surface area (Å²) < 4.78 is 40.7. The van der Waals surface area contributed by atoms with E-state index in [1.54, 1.807) is 31.2 Å². The second-order valence-electron chi connectivity index (χ2n) is 8.44. The lowest BCUT2D eigenvalue weighted by molar-refractivity contribution is -0.137. The quantitative estimate of drug-likeness (QED) is 0.360. The molecular formula is C27H25F3N4O2. The van der Waals surface area contributed by atoms with Gasteiger partial charge in [0.2, 0.25) is 0 Å². The number of amides is 2. The summed E-state index contributed by atoms with van der Waals surface area (Å²) >= 11 is 0. The molecule has 36 heavy (non-hydrogen) atoms. The number of para-hydroxylation sites is 1. The number of aryl methyl sites for hydroxylation is 1. The molecule has 1 N–H and O–H groups in total. The Morgan fingerprint density at radius 2 is 1.75 bits per heavy atom. The van der Waals surface area contributed by atoms with Gasteiger partial charge in [-0.1, -0.05) is 37.3 Å². The Hall–Kier alpha value is -4.14. The van der Waals surface area contributed by atoms with Crippen LogP contribution in [0.3, 0.4) is 0 Å². The zero-order valence-electron chi connectivity index (χ0n) is 20.0. The van der Waals surface area contributed by atoms with Crippen molar-refractivity contribution in [3.63, 3.8) is 0 Å². The van der Waals surface area contributed by atoms with Gasteiger partial charge in [-0.05, 0) is 61.4 Å². The molecule has 1 aromatic heterocycles. The molecule has 1 unspecified atom stereocenters. The van der Waals surface area contributed by atoms with Crippen LogP contribution < -0.4 is 10.9 Å². The summed E-state index contributed by atoms with van der Waals surface area (Å²) in [4.78, 5) is 32.5. The van der Waals surface area contributed by atoms with E-state index in [0.717, 1.165) is 24.1 Å². The van der Waals surface area contributed by atoms with Gasteiger partial charge < -0.3 is 10.2 Å². The molecule has 4 rings (SSSR count). The van der Waals surface area contributed by atoms with Crippen LogP contribution in [0, 0.1) is 0 Å². The maximum Gasteiger partial charge on any atom is 0.416 e. The first-order chi connectivity index (χ1) is 17.1. The minimum absolute atomic E-state index is 0.00731. The fraction of sp³-hybridized carbons (Fsp3) is 0.222. The minimum atomic E-state index is -4.53. The third kappa shape index (κ3) is 4.95. The highest BCUT2D eigenvalue weighted by Crippen LogP contribution is 2.31. The molecule has 9 heteroatoms. The van der Waals surface area contributed by atoms with Crippen molar-refractivity contribution in [1.29, 1.82) is 0 Å². The van der Waals surface area contributed by atoms with Crippen LogP contribution in [0.1, 0.15) is 36.8 Å². The number of anilines is 1. The van der Waals surface area contributed by atoms with Gasteiger partial charge in [0.15, 0.2) is 0 Å². The van der Waals surface area contributed by atoms with E-state index < -0.39 is 23.8 Å². The van der Waals surface area contributed by atoms with Crippen LogP contribution in [0.15, 0.2) is 77.6 Å². The van der Waals surface area contributed by atoms with E-state index in [4.69, 9.17) is 4.98 Å². The van der Waals surface area contributed by atoms with Crippen molar-refractivity contribution in [3.8, 4) is 5.69 Å². The number of carbonyl (C=O) groups excluding carboxylic acids is 1. The molecule has 2 amide bonds. The van der Waals surface area contributed by atoms with E-state index in [-0.39, 0.29) is 11.2 Å². The third-order valence-electron chi connectivity index (χ3n) is 6.12. The highest BCUT2D eigenvalue weighted by Gasteiger charge is 2.31. The SMILES string of the molecule is CCc1ccc(-n2c(C(C)N(C)C(=O)Nc3cccc(C(F)(F)F)c3)nc3ccccc3c2=O)cc1. The van der Waals surface area contributed by atoms with Gasteiger partial charge in [-0.2, -0.15) is 13.2 Å². The molecule has 0 radical (unpaired) electrons. The fourth-order valence-electron chi connectivity index (χ4n) is 3.89. The summed E-state index contributed by atoms with van der Waals surface area (Å²) in [5.74, 6) is 0.324. The van der Waals surface area contributed by atoms with Crippen molar-refractivity contribution >= 4 is 22.6 Å². The van der Waals surface area contributed by atoms with Gasteiger partial charge in [-0.25, -0.2) is 9.78 Å². The monoisotopic (exact) mass is 494 g/mol. The van der Waals surface area contributed by atoms with Gasteiger partial charge in [0.25, 0.3) is 5.56 Å². The molecule has 4 aromatic rings. The van der Waals surface area contributed by atoms with E-state index in [1.807, 2.05) is 31.2 Å². The molecule has 3 aromatic carbocycles. The number of fused-ring (bicyclic) bond motifs is 1. The van der Waals surface area contributed by atoms with E-state index in [1.165, 1.54) is 28.6 Å². The van der Waals surface area contributed by atoms with E-state index >= 15 is 0 Å². The summed E-state index contributed by atoms with van der Waals surface area (Å²) in [6, 6.07) is 17.5. The first-order valence-electron chi connectivity index (χ1n) is 11.4. The summed E-state index contributed by atoms with van der Waals surface area (Å²) in [5, 5.41) is 2.94. The van der Waals surface area contributed by atoms with Crippen molar-refractivity contribution < 1.29 is 18.0 Å². The summed E-state index contributed by atoms with van der Waals surface area (Å²) in [6.45, 7) is 3.74. The number of halogens is 3.